The quantitative estimate of drug-likeness (QED) is 0.698. The van der Waals surface area contributed by atoms with Crippen LogP contribution in [-0.2, 0) is 6.54 Å². The molecular weight excluding hydrogens is 172 g/mol. The second-order valence-corrected chi connectivity index (χ2v) is 4.06. The molecule has 1 heterocycles. The van der Waals surface area contributed by atoms with Crippen molar-refractivity contribution < 1.29 is 0 Å². The van der Waals surface area contributed by atoms with Crippen molar-refractivity contribution in [2.75, 3.05) is 13.1 Å². The molecule has 1 N–H and O–H groups in total. The zero-order valence-electron chi connectivity index (χ0n) is 8.45. The van der Waals surface area contributed by atoms with E-state index >= 15 is 0 Å². The van der Waals surface area contributed by atoms with Crippen LogP contribution in [0.2, 0.25) is 0 Å². The van der Waals surface area contributed by atoms with E-state index in [0.29, 0.717) is 0 Å². The average Bonchev–Trinajstić information content (AvgIpc) is 2.19. The largest absolute Gasteiger partial charge is 0.297 e. The van der Waals surface area contributed by atoms with E-state index in [1.807, 2.05) is 6.07 Å². The molecule has 1 aromatic rings. The molecule has 1 radical (unpaired) electrons. The summed E-state index contributed by atoms with van der Waals surface area (Å²) in [6.07, 6.45) is 2.26. The molecular formula is C12H17N2. The molecule has 75 valence electrons. The number of rotatable bonds is 2. The fourth-order valence-electron chi connectivity index (χ4n) is 2.04. The lowest BCUT2D eigenvalue weighted by Gasteiger charge is -2.30. The van der Waals surface area contributed by atoms with Gasteiger partial charge in [-0.25, -0.2) is 0 Å². The fraction of sp³-hybridized carbons (Fsp3) is 0.500. The second-order valence-electron chi connectivity index (χ2n) is 4.06. The third-order valence-corrected chi connectivity index (χ3v) is 2.75. The maximum atomic E-state index is 7.73. The van der Waals surface area contributed by atoms with Crippen molar-refractivity contribution in [3.8, 4) is 0 Å². The van der Waals surface area contributed by atoms with E-state index in [-0.39, 0.29) is 6.04 Å². The average molecular weight is 189 g/mol. The zero-order valence-corrected chi connectivity index (χ0v) is 8.45. The number of nitrogens with zero attached hydrogens (tertiary/aromatic N) is 1. The molecule has 1 aliphatic rings. The summed E-state index contributed by atoms with van der Waals surface area (Å²) in [5.74, 6) is 0. The van der Waals surface area contributed by atoms with Crippen LogP contribution in [0.15, 0.2) is 30.3 Å². The molecule has 1 fully saturated rings. The number of hydrogen-bond donors (Lipinski definition) is 0. The Labute approximate surface area is 85.7 Å². The zero-order chi connectivity index (χ0) is 9.80. The van der Waals surface area contributed by atoms with Gasteiger partial charge in [0.1, 0.15) is 0 Å². The maximum absolute atomic E-state index is 7.73. The molecule has 0 aromatic heterocycles. The van der Waals surface area contributed by atoms with Gasteiger partial charge in [0, 0.05) is 19.1 Å². The van der Waals surface area contributed by atoms with Gasteiger partial charge in [-0.3, -0.25) is 10.6 Å². The highest BCUT2D eigenvalue weighted by molar-refractivity contribution is 5.14. The predicted molar refractivity (Wildman–Crippen MR) is 57.8 cm³/mol. The van der Waals surface area contributed by atoms with Gasteiger partial charge in [0.2, 0.25) is 0 Å². The first-order valence-corrected chi connectivity index (χ1v) is 5.32. The van der Waals surface area contributed by atoms with E-state index in [0.717, 1.165) is 26.1 Å². The number of nitrogens with one attached hydrogen (secondary N) is 1. The monoisotopic (exact) mass is 189 g/mol. The minimum atomic E-state index is 0.132. The van der Waals surface area contributed by atoms with Gasteiger partial charge in [-0.1, -0.05) is 30.3 Å². The summed E-state index contributed by atoms with van der Waals surface area (Å²) >= 11 is 0. The molecule has 14 heavy (non-hydrogen) atoms. The van der Waals surface area contributed by atoms with Crippen LogP contribution in [0.1, 0.15) is 18.4 Å². The van der Waals surface area contributed by atoms with Crippen molar-refractivity contribution in [1.29, 1.82) is 0 Å². The molecule has 1 atom stereocenters. The van der Waals surface area contributed by atoms with Gasteiger partial charge in [-0.05, 0) is 24.9 Å². The van der Waals surface area contributed by atoms with Crippen LogP contribution in [0.3, 0.4) is 0 Å². The highest BCUT2D eigenvalue weighted by Crippen LogP contribution is 2.12. The van der Waals surface area contributed by atoms with E-state index in [9.17, 15) is 0 Å². The normalized spacial score (nSPS) is 23.6. The Balaban J connectivity index is 1.91. The van der Waals surface area contributed by atoms with Gasteiger partial charge < -0.3 is 0 Å². The number of likely N-dealkylation sites (tertiary alicyclic amines) is 1. The van der Waals surface area contributed by atoms with E-state index in [4.69, 9.17) is 5.73 Å². The third kappa shape index (κ3) is 2.56. The van der Waals surface area contributed by atoms with Crippen LogP contribution in [-0.4, -0.2) is 24.0 Å². The van der Waals surface area contributed by atoms with Gasteiger partial charge in [-0.15, -0.1) is 0 Å². The Bertz CT molecular complexity index is 271. The Hall–Kier alpha value is -0.860. The smallest absolute Gasteiger partial charge is 0.0340 e. The first kappa shape index (κ1) is 9.69. The number of hydrogen-bond acceptors (Lipinski definition) is 1. The summed E-state index contributed by atoms with van der Waals surface area (Å²) in [5, 5.41) is 0. The lowest BCUT2D eigenvalue weighted by atomic mass is 10.1. The van der Waals surface area contributed by atoms with Gasteiger partial charge >= 0.3 is 0 Å². The van der Waals surface area contributed by atoms with Gasteiger partial charge in [0.15, 0.2) is 0 Å². The highest BCUT2D eigenvalue weighted by atomic mass is 15.1. The molecule has 0 bridgehead atoms. The summed E-state index contributed by atoms with van der Waals surface area (Å²) < 4.78 is 0. The highest BCUT2D eigenvalue weighted by Gasteiger charge is 2.16. The molecule has 0 amide bonds. The topological polar surface area (TPSA) is 27.0 Å². The Morgan fingerprint density at radius 1 is 1.29 bits per heavy atom. The first-order chi connectivity index (χ1) is 6.84. The Kier molecular flexibility index (Phi) is 3.17. The van der Waals surface area contributed by atoms with Crippen molar-refractivity contribution in [3.05, 3.63) is 35.9 Å². The minimum Gasteiger partial charge on any atom is -0.297 e. The maximum Gasteiger partial charge on any atom is 0.0340 e. The van der Waals surface area contributed by atoms with Crippen molar-refractivity contribution in [3.63, 3.8) is 0 Å². The summed E-state index contributed by atoms with van der Waals surface area (Å²) in [6.45, 7) is 3.11. The lowest BCUT2D eigenvalue weighted by Crippen LogP contribution is -2.38. The minimum absolute atomic E-state index is 0.132. The third-order valence-electron chi connectivity index (χ3n) is 2.75. The van der Waals surface area contributed by atoms with Crippen LogP contribution in [0, 0.1) is 0 Å². The number of benzene rings is 1. The van der Waals surface area contributed by atoms with Gasteiger partial charge in [0.25, 0.3) is 0 Å². The van der Waals surface area contributed by atoms with Crippen LogP contribution >= 0.6 is 0 Å². The van der Waals surface area contributed by atoms with Crippen LogP contribution < -0.4 is 5.73 Å². The molecule has 1 saturated heterocycles. The van der Waals surface area contributed by atoms with Crippen molar-refractivity contribution in [2.45, 2.75) is 25.4 Å². The first-order valence-electron chi connectivity index (χ1n) is 5.32. The van der Waals surface area contributed by atoms with Crippen LogP contribution in [0.25, 0.3) is 0 Å². The molecule has 2 nitrogen and oxygen atoms in total. The molecule has 1 aliphatic heterocycles. The van der Waals surface area contributed by atoms with E-state index in [2.05, 4.69) is 29.2 Å². The van der Waals surface area contributed by atoms with E-state index in [1.54, 1.807) is 0 Å². The lowest BCUT2D eigenvalue weighted by molar-refractivity contribution is 0.199. The summed E-state index contributed by atoms with van der Waals surface area (Å²) in [6, 6.07) is 10.7. The molecule has 0 unspecified atom stereocenters. The molecule has 2 heteroatoms. The van der Waals surface area contributed by atoms with E-state index in [1.165, 1.54) is 12.0 Å². The number of piperidine rings is 1. The predicted octanol–water partition coefficient (Wildman–Crippen LogP) is 1.93. The second kappa shape index (κ2) is 4.58. The van der Waals surface area contributed by atoms with Crippen molar-refractivity contribution >= 4 is 0 Å². The Morgan fingerprint density at radius 2 is 2.07 bits per heavy atom. The summed E-state index contributed by atoms with van der Waals surface area (Å²) in [7, 11) is 0. The van der Waals surface area contributed by atoms with E-state index < -0.39 is 0 Å². The molecule has 0 saturated carbocycles. The molecule has 2 rings (SSSR count). The van der Waals surface area contributed by atoms with Crippen molar-refractivity contribution in [1.82, 2.24) is 10.6 Å². The van der Waals surface area contributed by atoms with Crippen LogP contribution in [0.4, 0.5) is 0 Å². The van der Waals surface area contributed by atoms with Gasteiger partial charge in [-0.2, -0.15) is 0 Å². The van der Waals surface area contributed by atoms with Crippen molar-refractivity contribution in [2.24, 2.45) is 0 Å². The Morgan fingerprint density at radius 3 is 2.79 bits per heavy atom. The summed E-state index contributed by atoms with van der Waals surface area (Å²) in [5.41, 5.74) is 9.09. The SMILES string of the molecule is [NH][C@@H]1CCCN(Cc2ccccc2)C1. The molecule has 0 spiro atoms. The molecule has 0 aliphatic carbocycles. The standard InChI is InChI=1S/C12H17N2/c13-12-7-4-8-14(10-12)9-11-5-2-1-3-6-11/h1-3,5-6,12-13H,4,7-10H2/t12-/m1/s1. The van der Waals surface area contributed by atoms with Gasteiger partial charge in [0.05, 0.1) is 0 Å². The van der Waals surface area contributed by atoms with Crippen LogP contribution in [0.5, 0.6) is 0 Å². The summed E-state index contributed by atoms with van der Waals surface area (Å²) in [4.78, 5) is 2.39. The fourth-order valence-corrected chi connectivity index (χ4v) is 2.04. The molecule has 1 aromatic carbocycles.